The quantitative estimate of drug-likeness (QED) is 0.839. The van der Waals surface area contributed by atoms with E-state index in [1.54, 1.807) is 12.4 Å². The van der Waals surface area contributed by atoms with Gasteiger partial charge in [0, 0.05) is 13.1 Å². The molecule has 0 radical (unpaired) electrons. The van der Waals surface area contributed by atoms with Gasteiger partial charge in [0.2, 0.25) is 0 Å². The molecule has 0 aliphatic carbocycles. The molecule has 1 heterocycles. The van der Waals surface area contributed by atoms with Crippen molar-refractivity contribution in [1.29, 1.82) is 0 Å². The minimum atomic E-state index is -0.545. The van der Waals surface area contributed by atoms with E-state index in [0.29, 0.717) is 23.5 Å². The van der Waals surface area contributed by atoms with Gasteiger partial charge >= 0.3 is 6.09 Å². The van der Waals surface area contributed by atoms with Crippen LogP contribution in [0.25, 0.3) is 0 Å². The Morgan fingerprint density at radius 1 is 1.25 bits per heavy atom. The minimum absolute atomic E-state index is 0.420. The topological polar surface area (TPSA) is 58.6 Å². The Hall–Kier alpha value is -1.21. The Morgan fingerprint density at radius 2 is 1.90 bits per heavy atom. The van der Waals surface area contributed by atoms with Crippen molar-refractivity contribution < 1.29 is 9.53 Å². The van der Waals surface area contributed by atoms with Crippen molar-refractivity contribution in [2.24, 2.45) is 0 Å². The van der Waals surface area contributed by atoms with E-state index in [1.165, 1.54) is 4.90 Å². The first-order valence-electron chi connectivity index (χ1n) is 6.32. The Balaban J connectivity index is 2.89. The number of hydrogen-bond donors (Lipinski definition) is 0. The lowest BCUT2D eigenvalue weighted by molar-refractivity contribution is 0.0577. The number of halogens is 1. The monoisotopic (exact) mass is 344 g/mol. The van der Waals surface area contributed by atoms with E-state index in [2.05, 4.69) is 25.9 Å². The second-order valence-electron chi connectivity index (χ2n) is 5.63. The summed E-state index contributed by atoms with van der Waals surface area (Å²) in [5, 5.41) is 0. The standard InChI is InChI=1S/C13H21BrN4O2/c1-13(2,3)20-12(19)18(7-6-17(4)5)11-9-15-10(14)8-16-11/h8-9H,6-7H2,1-5H3. The van der Waals surface area contributed by atoms with Crippen molar-refractivity contribution in [3.8, 4) is 0 Å². The van der Waals surface area contributed by atoms with Crippen LogP contribution in [0.2, 0.25) is 0 Å². The minimum Gasteiger partial charge on any atom is -0.443 e. The van der Waals surface area contributed by atoms with Gasteiger partial charge in [0.15, 0.2) is 5.82 Å². The molecule has 0 spiro atoms. The molecule has 0 fully saturated rings. The number of nitrogens with zero attached hydrogens (tertiary/aromatic N) is 4. The van der Waals surface area contributed by atoms with Gasteiger partial charge < -0.3 is 9.64 Å². The zero-order valence-electron chi connectivity index (χ0n) is 12.6. The van der Waals surface area contributed by atoms with Crippen molar-refractivity contribution in [2.75, 3.05) is 32.1 Å². The number of aromatic nitrogens is 2. The van der Waals surface area contributed by atoms with Crippen LogP contribution in [-0.2, 0) is 4.74 Å². The maximum absolute atomic E-state index is 12.3. The Labute approximate surface area is 128 Å². The molecule has 0 saturated carbocycles. The maximum Gasteiger partial charge on any atom is 0.416 e. The van der Waals surface area contributed by atoms with Crippen LogP contribution in [0.4, 0.5) is 10.6 Å². The Morgan fingerprint density at radius 3 is 2.35 bits per heavy atom. The fourth-order valence-electron chi connectivity index (χ4n) is 1.36. The summed E-state index contributed by atoms with van der Waals surface area (Å²) in [4.78, 5) is 24.0. The first-order valence-corrected chi connectivity index (χ1v) is 7.11. The van der Waals surface area contributed by atoms with Crippen LogP contribution in [0.15, 0.2) is 17.0 Å². The van der Waals surface area contributed by atoms with E-state index in [9.17, 15) is 4.79 Å². The summed E-state index contributed by atoms with van der Waals surface area (Å²) < 4.78 is 6.03. The highest BCUT2D eigenvalue weighted by molar-refractivity contribution is 9.10. The highest BCUT2D eigenvalue weighted by atomic mass is 79.9. The lowest BCUT2D eigenvalue weighted by Crippen LogP contribution is -2.41. The first-order chi connectivity index (χ1) is 9.19. The second kappa shape index (κ2) is 6.99. The van der Waals surface area contributed by atoms with Gasteiger partial charge in [-0.3, -0.25) is 4.90 Å². The average Bonchev–Trinajstić information content (AvgIpc) is 2.29. The van der Waals surface area contributed by atoms with Crippen LogP contribution in [-0.4, -0.2) is 53.7 Å². The highest BCUT2D eigenvalue weighted by Gasteiger charge is 2.24. The third-order valence-corrected chi connectivity index (χ3v) is 2.68. The van der Waals surface area contributed by atoms with Crippen molar-refractivity contribution in [3.63, 3.8) is 0 Å². The predicted molar refractivity (Wildman–Crippen MR) is 81.9 cm³/mol. The highest BCUT2D eigenvalue weighted by Crippen LogP contribution is 2.16. The zero-order chi connectivity index (χ0) is 15.3. The smallest absolute Gasteiger partial charge is 0.416 e. The molecule has 1 aromatic rings. The van der Waals surface area contributed by atoms with Crippen molar-refractivity contribution in [3.05, 3.63) is 17.0 Å². The van der Waals surface area contributed by atoms with Crippen molar-refractivity contribution in [2.45, 2.75) is 26.4 Å². The van der Waals surface area contributed by atoms with Crippen LogP contribution in [0.5, 0.6) is 0 Å². The molecule has 0 aliphatic rings. The third-order valence-electron chi connectivity index (χ3n) is 2.27. The van der Waals surface area contributed by atoms with Crippen LogP contribution in [0.1, 0.15) is 20.8 Å². The van der Waals surface area contributed by atoms with Crippen LogP contribution < -0.4 is 4.90 Å². The zero-order valence-corrected chi connectivity index (χ0v) is 14.1. The molecule has 0 saturated heterocycles. The van der Waals surface area contributed by atoms with Gasteiger partial charge in [-0.25, -0.2) is 14.8 Å². The van der Waals surface area contributed by atoms with E-state index in [1.807, 2.05) is 39.8 Å². The number of amides is 1. The lowest BCUT2D eigenvalue weighted by atomic mass is 10.2. The van der Waals surface area contributed by atoms with Gasteiger partial charge in [0.1, 0.15) is 10.2 Å². The molecule has 0 atom stereocenters. The average molecular weight is 345 g/mol. The normalized spacial score (nSPS) is 11.6. The van der Waals surface area contributed by atoms with Gasteiger partial charge in [-0.1, -0.05) is 0 Å². The summed E-state index contributed by atoms with van der Waals surface area (Å²) in [6.07, 6.45) is 2.68. The Kier molecular flexibility index (Phi) is 5.88. The molecule has 0 aliphatic heterocycles. The predicted octanol–water partition coefficient (Wildman–Crippen LogP) is 2.54. The largest absolute Gasteiger partial charge is 0.443 e. The molecule has 1 rings (SSSR count). The molecule has 0 N–H and O–H groups in total. The number of carbonyl (C=O) groups excluding carboxylic acids is 1. The summed E-state index contributed by atoms with van der Waals surface area (Å²) in [6.45, 7) is 6.70. The summed E-state index contributed by atoms with van der Waals surface area (Å²) >= 11 is 3.23. The number of carbonyl (C=O) groups is 1. The summed E-state index contributed by atoms with van der Waals surface area (Å²) in [6, 6.07) is 0. The van der Waals surface area contributed by atoms with Crippen LogP contribution in [0, 0.1) is 0 Å². The summed E-state index contributed by atoms with van der Waals surface area (Å²) in [5.74, 6) is 0.476. The number of likely N-dealkylation sites (N-methyl/N-ethyl adjacent to an activating group) is 1. The van der Waals surface area contributed by atoms with Crippen LogP contribution in [0.3, 0.4) is 0 Å². The summed E-state index contributed by atoms with van der Waals surface area (Å²) in [5.41, 5.74) is -0.545. The molecule has 7 heteroatoms. The molecule has 1 aromatic heterocycles. The molecule has 112 valence electrons. The molecule has 0 aromatic carbocycles. The molecule has 1 amide bonds. The lowest BCUT2D eigenvalue weighted by Gasteiger charge is -2.27. The fraction of sp³-hybridized carbons (Fsp3) is 0.615. The molecule has 6 nitrogen and oxygen atoms in total. The molecule has 20 heavy (non-hydrogen) atoms. The van der Waals surface area contributed by atoms with E-state index in [4.69, 9.17) is 4.74 Å². The van der Waals surface area contributed by atoms with Gasteiger partial charge in [-0.05, 0) is 50.8 Å². The number of rotatable bonds is 4. The second-order valence-corrected chi connectivity index (χ2v) is 6.45. The third kappa shape index (κ3) is 5.83. The van der Waals surface area contributed by atoms with Gasteiger partial charge in [-0.15, -0.1) is 0 Å². The van der Waals surface area contributed by atoms with Gasteiger partial charge in [0.05, 0.1) is 12.4 Å². The van der Waals surface area contributed by atoms with Gasteiger partial charge in [0.25, 0.3) is 0 Å². The Bertz CT molecular complexity index is 443. The first kappa shape index (κ1) is 16.8. The van der Waals surface area contributed by atoms with Crippen molar-refractivity contribution >= 4 is 27.8 Å². The molecular weight excluding hydrogens is 324 g/mol. The van der Waals surface area contributed by atoms with Crippen molar-refractivity contribution in [1.82, 2.24) is 14.9 Å². The van der Waals surface area contributed by atoms with Crippen LogP contribution >= 0.6 is 15.9 Å². The number of anilines is 1. The molecule has 0 unspecified atom stereocenters. The fourth-order valence-corrected chi connectivity index (χ4v) is 1.57. The number of hydrogen-bond acceptors (Lipinski definition) is 5. The molecule has 0 bridgehead atoms. The number of ether oxygens (including phenoxy) is 1. The van der Waals surface area contributed by atoms with E-state index in [0.717, 1.165) is 0 Å². The molecular formula is C13H21BrN4O2. The van der Waals surface area contributed by atoms with E-state index in [-0.39, 0.29) is 0 Å². The van der Waals surface area contributed by atoms with E-state index >= 15 is 0 Å². The van der Waals surface area contributed by atoms with E-state index < -0.39 is 11.7 Å². The summed E-state index contributed by atoms with van der Waals surface area (Å²) in [7, 11) is 3.89. The SMILES string of the molecule is CN(C)CCN(C(=O)OC(C)(C)C)c1cnc(Br)cn1. The maximum atomic E-state index is 12.3. The van der Waals surface area contributed by atoms with Gasteiger partial charge in [-0.2, -0.15) is 0 Å².